The van der Waals surface area contributed by atoms with Crippen molar-refractivity contribution in [3.63, 3.8) is 0 Å². The van der Waals surface area contributed by atoms with E-state index in [1.807, 2.05) is 0 Å². The molecule has 1 aromatic heterocycles. The highest BCUT2D eigenvalue weighted by molar-refractivity contribution is 7.93. The van der Waals surface area contributed by atoms with E-state index >= 15 is 0 Å². The Bertz CT molecular complexity index is 1270. The number of hydrogen-bond acceptors (Lipinski definition) is 7. The molecule has 4 rings (SSSR count). The van der Waals surface area contributed by atoms with Gasteiger partial charge in [0, 0.05) is 17.3 Å². The summed E-state index contributed by atoms with van der Waals surface area (Å²) in [6.45, 7) is 0. The number of pyridine rings is 1. The first-order valence-electron chi connectivity index (χ1n) is 8.81. The molecule has 3 aromatic rings. The van der Waals surface area contributed by atoms with Crippen LogP contribution in [0.25, 0.3) is 10.9 Å². The molecular weight excluding hydrogens is 414 g/mol. The average Bonchev–Trinajstić information content (AvgIpc) is 2.95. The lowest BCUT2D eigenvalue weighted by molar-refractivity contribution is 0.184. The molecule has 29 heavy (non-hydrogen) atoms. The number of sulfonamides is 1. The topological polar surface area (TPSA) is 131 Å². The van der Waals surface area contributed by atoms with Gasteiger partial charge in [-0.25, -0.2) is 16.8 Å². The molecule has 0 radical (unpaired) electrons. The number of sulfone groups is 1. The van der Waals surface area contributed by atoms with Crippen molar-refractivity contribution in [2.45, 2.75) is 17.0 Å². The van der Waals surface area contributed by atoms with Crippen molar-refractivity contribution in [2.75, 3.05) is 21.5 Å². The Labute approximate surface area is 168 Å². The molecule has 0 saturated carbocycles. The molecule has 0 bridgehead atoms. The predicted octanol–water partition coefficient (Wildman–Crippen LogP) is 1.17. The lowest BCUT2D eigenvalue weighted by atomic mass is 10.2. The maximum atomic E-state index is 13.7. The fourth-order valence-corrected chi connectivity index (χ4v) is 7.27. The second kappa shape index (κ2) is 6.97. The second-order valence-corrected chi connectivity index (χ2v) is 10.9. The third kappa shape index (κ3) is 3.54. The zero-order valence-electron chi connectivity index (χ0n) is 15.2. The van der Waals surface area contributed by atoms with Gasteiger partial charge in [-0.1, -0.05) is 18.2 Å². The number of nitrogens with zero attached hydrogens (tertiary/aromatic N) is 2. The van der Waals surface area contributed by atoms with Crippen molar-refractivity contribution in [3.8, 4) is 0 Å². The summed E-state index contributed by atoms with van der Waals surface area (Å²) in [4.78, 5) is 4.14. The molecule has 1 saturated heterocycles. The number of nitrogen functional groups attached to an aromatic ring is 1. The zero-order valence-corrected chi connectivity index (χ0v) is 16.8. The molecule has 2 atom stereocenters. The summed E-state index contributed by atoms with van der Waals surface area (Å²) in [5, 5.41) is 11.0. The van der Waals surface area contributed by atoms with Crippen LogP contribution in [0.4, 0.5) is 11.4 Å². The van der Waals surface area contributed by atoms with Gasteiger partial charge in [0.2, 0.25) is 0 Å². The second-order valence-electron chi connectivity index (χ2n) is 6.94. The standard InChI is InChI=1S/C19H19N3O5S2/c20-14-6-8-15(9-7-14)22(16-11-28(24,25)12-17(16)23)29(26,27)18-5-1-3-13-4-2-10-21-19(13)18/h1-10,16-17,23H,11-12,20H2/t16-,17-/m1/s1. The van der Waals surface area contributed by atoms with Gasteiger partial charge in [-0.15, -0.1) is 0 Å². The Balaban J connectivity index is 1.94. The van der Waals surface area contributed by atoms with Gasteiger partial charge in [-0.05, 0) is 36.4 Å². The quantitative estimate of drug-likeness (QED) is 0.591. The van der Waals surface area contributed by atoms with Gasteiger partial charge in [0.1, 0.15) is 4.90 Å². The van der Waals surface area contributed by atoms with Gasteiger partial charge in [0.15, 0.2) is 9.84 Å². The molecule has 8 nitrogen and oxygen atoms in total. The van der Waals surface area contributed by atoms with E-state index in [1.165, 1.54) is 36.5 Å². The molecular formula is C19H19N3O5S2. The summed E-state index contributed by atoms with van der Waals surface area (Å²) in [6.07, 6.45) is 0.138. The maximum Gasteiger partial charge on any atom is 0.266 e. The van der Waals surface area contributed by atoms with Crippen molar-refractivity contribution in [2.24, 2.45) is 0 Å². The number of aliphatic hydroxyl groups is 1. The molecule has 0 unspecified atom stereocenters. The first kappa shape index (κ1) is 19.6. The summed E-state index contributed by atoms with van der Waals surface area (Å²) in [6, 6.07) is 13.1. The van der Waals surface area contributed by atoms with Crippen LogP contribution in [0, 0.1) is 0 Å². The minimum atomic E-state index is -4.25. The summed E-state index contributed by atoms with van der Waals surface area (Å²) in [5.41, 5.74) is 6.64. The van der Waals surface area contributed by atoms with Crippen molar-refractivity contribution < 1.29 is 21.9 Å². The van der Waals surface area contributed by atoms with Gasteiger partial charge in [0.25, 0.3) is 10.0 Å². The van der Waals surface area contributed by atoms with Gasteiger partial charge < -0.3 is 10.8 Å². The SMILES string of the molecule is Nc1ccc(N([C@@H]2CS(=O)(=O)C[C@H]2O)S(=O)(=O)c2cccc3cccnc23)cc1. The van der Waals surface area contributed by atoms with Crippen LogP contribution in [0.15, 0.2) is 65.7 Å². The van der Waals surface area contributed by atoms with E-state index in [1.54, 1.807) is 24.3 Å². The van der Waals surface area contributed by atoms with Crippen LogP contribution >= 0.6 is 0 Å². The van der Waals surface area contributed by atoms with Gasteiger partial charge in [-0.3, -0.25) is 9.29 Å². The van der Waals surface area contributed by atoms with Crippen LogP contribution in [0.3, 0.4) is 0 Å². The molecule has 0 spiro atoms. The van der Waals surface area contributed by atoms with Gasteiger partial charge in [0.05, 0.1) is 34.9 Å². The molecule has 2 heterocycles. The minimum Gasteiger partial charge on any atom is -0.399 e. The zero-order chi connectivity index (χ0) is 20.8. The molecule has 1 aliphatic rings. The fraction of sp³-hybridized carbons (Fsp3) is 0.211. The van der Waals surface area contributed by atoms with Crippen LogP contribution in [0.5, 0.6) is 0 Å². The summed E-state index contributed by atoms with van der Waals surface area (Å²) >= 11 is 0. The molecule has 3 N–H and O–H groups in total. The van der Waals surface area contributed by atoms with Crippen LogP contribution in [0.1, 0.15) is 0 Å². The number of aromatic nitrogens is 1. The number of anilines is 2. The molecule has 2 aromatic carbocycles. The highest BCUT2D eigenvalue weighted by Gasteiger charge is 2.45. The lowest BCUT2D eigenvalue weighted by Crippen LogP contribution is -2.47. The van der Waals surface area contributed by atoms with Crippen molar-refractivity contribution in [3.05, 3.63) is 60.8 Å². The summed E-state index contributed by atoms with van der Waals surface area (Å²) in [7, 11) is -7.84. The first-order chi connectivity index (χ1) is 13.7. The van der Waals surface area contributed by atoms with Crippen LogP contribution in [0.2, 0.25) is 0 Å². The fourth-order valence-electron chi connectivity index (χ4n) is 3.55. The molecule has 152 valence electrons. The minimum absolute atomic E-state index is 0.0658. The van der Waals surface area contributed by atoms with Crippen LogP contribution in [-0.2, 0) is 19.9 Å². The highest BCUT2D eigenvalue weighted by Crippen LogP contribution is 2.33. The normalized spacial score (nSPS) is 21.3. The Hall–Kier alpha value is -2.69. The van der Waals surface area contributed by atoms with Crippen molar-refractivity contribution in [1.29, 1.82) is 0 Å². The number of aliphatic hydroxyl groups excluding tert-OH is 1. The van der Waals surface area contributed by atoms with Gasteiger partial charge in [-0.2, -0.15) is 0 Å². The van der Waals surface area contributed by atoms with E-state index in [9.17, 15) is 21.9 Å². The molecule has 10 heteroatoms. The van der Waals surface area contributed by atoms with E-state index in [0.717, 1.165) is 4.31 Å². The smallest absolute Gasteiger partial charge is 0.266 e. The van der Waals surface area contributed by atoms with Crippen LogP contribution in [-0.4, -0.2) is 50.6 Å². The molecule has 0 aliphatic carbocycles. The van der Waals surface area contributed by atoms with E-state index < -0.39 is 43.5 Å². The van der Waals surface area contributed by atoms with Crippen molar-refractivity contribution >= 4 is 42.1 Å². The number of hydrogen-bond donors (Lipinski definition) is 2. The Morgan fingerprint density at radius 2 is 1.72 bits per heavy atom. The number of rotatable bonds is 4. The predicted molar refractivity (Wildman–Crippen MR) is 111 cm³/mol. The Morgan fingerprint density at radius 3 is 2.38 bits per heavy atom. The van der Waals surface area contributed by atoms with E-state index in [0.29, 0.717) is 11.1 Å². The molecule has 1 aliphatic heterocycles. The maximum absolute atomic E-state index is 13.7. The average molecular weight is 434 g/mol. The molecule has 0 amide bonds. The van der Waals surface area contributed by atoms with Crippen molar-refractivity contribution in [1.82, 2.24) is 4.98 Å². The largest absolute Gasteiger partial charge is 0.399 e. The van der Waals surface area contributed by atoms with E-state index in [2.05, 4.69) is 4.98 Å². The third-order valence-electron chi connectivity index (χ3n) is 4.87. The lowest BCUT2D eigenvalue weighted by Gasteiger charge is -2.31. The monoisotopic (exact) mass is 433 g/mol. The highest BCUT2D eigenvalue weighted by atomic mass is 32.2. The van der Waals surface area contributed by atoms with Gasteiger partial charge >= 0.3 is 0 Å². The van der Waals surface area contributed by atoms with Crippen LogP contribution < -0.4 is 10.0 Å². The summed E-state index contributed by atoms with van der Waals surface area (Å²) in [5.74, 6) is -0.970. The van der Waals surface area contributed by atoms with E-state index in [4.69, 9.17) is 5.73 Å². The summed E-state index contributed by atoms with van der Waals surface area (Å²) < 4.78 is 52.6. The third-order valence-corrected chi connectivity index (χ3v) is 8.46. The number of benzene rings is 2. The number of nitrogens with two attached hydrogens (primary N) is 1. The number of fused-ring (bicyclic) bond motifs is 1. The molecule has 1 fully saturated rings. The Morgan fingerprint density at radius 1 is 1.03 bits per heavy atom. The van der Waals surface area contributed by atoms with E-state index in [-0.39, 0.29) is 16.1 Å². The first-order valence-corrected chi connectivity index (χ1v) is 12.1. The Kier molecular flexibility index (Phi) is 4.72. The number of para-hydroxylation sites is 1.